The van der Waals surface area contributed by atoms with E-state index in [0.29, 0.717) is 6.54 Å². The molecule has 0 saturated carbocycles. The summed E-state index contributed by atoms with van der Waals surface area (Å²) >= 11 is 0. The first-order valence-electron chi connectivity index (χ1n) is 3.78. The minimum atomic E-state index is -0.229. The molecule has 0 spiro atoms. The number of carbonyl (C=O) groups is 1. The standard InChI is InChI=1S/C8H13NO2/c1-4-7-5-9(6(2)3)8(10)11-7/h4,6H,5H2,1-3H3. The van der Waals surface area contributed by atoms with Crippen LogP contribution in [0.5, 0.6) is 0 Å². The van der Waals surface area contributed by atoms with E-state index in [2.05, 4.69) is 0 Å². The molecule has 0 unspecified atom stereocenters. The first-order chi connectivity index (χ1) is 5.15. The summed E-state index contributed by atoms with van der Waals surface area (Å²) in [6.07, 6.45) is 1.59. The van der Waals surface area contributed by atoms with Crippen LogP contribution in [0.3, 0.4) is 0 Å². The third kappa shape index (κ3) is 1.53. The van der Waals surface area contributed by atoms with Gasteiger partial charge in [-0.25, -0.2) is 4.79 Å². The molecule has 62 valence electrons. The van der Waals surface area contributed by atoms with Crippen molar-refractivity contribution in [2.45, 2.75) is 26.8 Å². The number of allylic oxidation sites excluding steroid dienone is 1. The van der Waals surface area contributed by atoms with Gasteiger partial charge in [0.25, 0.3) is 0 Å². The predicted molar refractivity (Wildman–Crippen MR) is 42.1 cm³/mol. The normalized spacial score (nSPS) is 21.6. The summed E-state index contributed by atoms with van der Waals surface area (Å²) in [5, 5.41) is 0. The van der Waals surface area contributed by atoms with Gasteiger partial charge in [0, 0.05) is 6.04 Å². The summed E-state index contributed by atoms with van der Waals surface area (Å²) in [7, 11) is 0. The van der Waals surface area contributed by atoms with Gasteiger partial charge in [-0.2, -0.15) is 0 Å². The molecule has 0 atom stereocenters. The van der Waals surface area contributed by atoms with Gasteiger partial charge in [-0.3, -0.25) is 4.90 Å². The topological polar surface area (TPSA) is 29.5 Å². The largest absolute Gasteiger partial charge is 0.415 e. The lowest BCUT2D eigenvalue weighted by Crippen LogP contribution is -2.31. The number of hydrogen-bond acceptors (Lipinski definition) is 2. The number of rotatable bonds is 1. The zero-order chi connectivity index (χ0) is 8.43. The predicted octanol–water partition coefficient (Wildman–Crippen LogP) is 1.75. The smallest absolute Gasteiger partial charge is 0.413 e. The number of carbonyl (C=O) groups excluding carboxylic acids is 1. The van der Waals surface area contributed by atoms with Gasteiger partial charge in [0.2, 0.25) is 0 Å². The van der Waals surface area contributed by atoms with E-state index in [1.165, 1.54) is 0 Å². The highest BCUT2D eigenvalue weighted by atomic mass is 16.6. The fraction of sp³-hybridized carbons (Fsp3) is 0.625. The van der Waals surface area contributed by atoms with Crippen LogP contribution in [0.2, 0.25) is 0 Å². The van der Waals surface area contributed by atoms with Crippen molar-refractivity contribution in [3.8, 4) is 0 Å². The molecule has 0 aromatic carbocycles. The van der Waals surface area contributed by atoms with Crippen molar-refractivity contribution in [3.05, 3.63) is 11.8 Å². The Bertz CT molecular complexity index is 196. The summed E-state index contributed by atoms with van der Waals surface area (Å²) in [4.78, 5) is 12.7. The average molecular weight is 155 g/mol. The van der Waals surface area contributed by atoms with E-state index in [0.717, 1.165) is 5.76 Å². The fourth-order valence-electron chi connectivity index (χ4n) is 0.979. The Hall–Kier alpha value is -0.990. The summed E-state index contributed by atoms with van der Waals surface area (Å²) < 4.78 is 4.93. The molecule has 1 amide bonds. The second-order valence-electron chi connectivity index (χ2n) is 2.84. The van der Waals surface area contributed by atoms with Gasteiger partial charge >= 0.3 is 6.09 Å². The number of amides is 1. The molecule has 0 N–H and O–H groups in total. The second kappa shape index (κ2) is 2.95. The first-order valence-corrected chi connectivity index (χ1v) is 3.78. The van der Waals surface area contributed by atoms with Gasteiger partial charge in [-0.05, 0) is 26.8 Å². The van der Waals surface area contributed by atoms with Crippen molar-refractivity contribution >= 4 is 6.09 Å². The van der Waals surface area contributed by atoms with Crippen LogP contribution in [0.15, 0.2) is 11.8 Å². The molecule has 1 fully saturated rings. The number of nitrogens with zero attached hydrogens (tertiary/aromatic N) is 1. The molecule has 1 saturated heterocycles. The molecule has 1 aliphatic heterocycles. The Balaban J connectivity index is 2.66. The van der Waals surface area contributed by atoms with Crippen LogP contribution in [-0.2, 0) is 4.74 Å². The summed E-state index contributed by atoms with van der Waals surface area (Å²) in [5.74, 6) is 0.753. The highest BCUT2D eigenvalue weighted by molar-refractivity contribution is 5.72. The van der Waals surface area contributed by atoms with Gasteiger partial charge in [0.15, 0.2) is 0 Å². The Morgan fingerprint density at radius 3 is 2.55 bits per heavy atom. The number of hydrogen-bond donors (Lipinski definition) is 0. The molecule has 0 aromatic heterocycles. The SMILES string of the molecule is CC=C1CN(C(C)C)C(=O)O1. The lowest BCUT2D eigenvalue weighted by molar-refractivity contribution is 0.160. The molecule has 0 aliphatic carbocycles. The molecule has 11 heavy (non-hydrogen) atoms. The lowest BCUT2D eigenvalue weighted by atomic mass is 10.3. The van der Waals surface area contributed by atoms with E-state index in [-0.39, 0.29) is 12.1 Å². The van der Waals surface area contributed by atoms with Crippen molar-refractivity contribution < 1.29 is 9.53 Å². The van der Waals surface area contributed by atoms with Gasteiger partial charge in [0.05, 0.1) is 6.54 Å². The molecule has 0 radical (unpaired) electrons. The molecule has 1 aliphatic rings. The van der Waals surface area contributed by atoms with Crippen molar-refractivity contribution in [1.82, 2.24) is 4.90 Å². The van der Waals surface area contributed by atoms with Gasteiger partial charge in [-0.1, -0.05) is 0 Å². The van der Waals surface area contributed by atoms with Crippen molar-refractivity contribution in [3.63, 3.8) is 0 Å². The summed E-state index contributed by atoms with van der Waals surface area (Å²) in [6.45, 7) is 6.43. The third-order valence-corrected chi connectivity index (χ3v) is 1.72. The van der Waals surface area contributed by atoms with E-state index < -0.39 is 0 Å². The molecule has 1 heterocycles. The highest BCUT2D eigenvalue weighted by Gasteiger charge is 2.27. The maximum absolute atomic E-state index is 11.0. The van der Waals surface area contributed by atoms with Crippen LogP contribution in [0.4, 0.5) is 4.79 Å². The van der Waals surface area contributed by atoms with Crippen LogP contribution >= 0.6 is 0 Å². The monoisotopic (exact) mass is 155 g/mol. The molecular formula is C8H13NO2. The van der Waals surface area contributed by atoms with Crippen LogP contribution in [0.1, 0.15) is 20.8 Å². The zero-order valence-electron chi connectivity index (χ0n) is 7.13. The molecule has 0 aromatic rings. The quantitative estimate of drug-likeness (QED) is 0.577. The van der Waals surface area contributed by atoms with E-state index in [4.69, 9.17) is 4.74 Å². The molecule has 3 nitrogen and oxygen atoms in total. The second-order valence-corrected chi connectivity index (χ2v) is 2.84. The van der Waals surface area contributed by atoms with Crippen molar-refractivity contribution in [1.29, 1.82) is 0 Å². The lowest BCUT2D eigenvalue weighted by Gasteiger charge is -2.15. The van der Waals surface area contributed by atoms with E-state index in [1.807, 2.05) is 26.8 Å². The number of ether oxygens (including phenoxy) is 1. The minimum Gasteiger partial charge on any atom is -0.413 e. The molecule has 0 bridgehead atoms. The van der Waals surface area contributed by atoms with Crippen LogP contribution < -0.4 is 0 Å². The Kier molecular flexibility index (Phi) is 2.17. The molecule has 1 rings (SSSR count). The third-order valence-electron chi connectivity index (χ3n) is 1.72. The molecule has 3 heteroatoms. The summed E-state index contributed by atoms with van der Waals surface area (Å²) in [6, 6.07) is 0.222. The Labute approximate surface area is 66.6 Å². The van der Waals surface area contributed by atoms with Crippen LogP contribution in [0.25, 0.3) is 0 Å². The maximum Gasteiger partial charge on any atom is 0.415 e. The van der Waals surface area contributed by atoms with Gasteiger partial charge in [-0.15, -0.1) is 0 Å². The summed E-state index contributed by atoms with van der Waals surface area (Å²) in [5.41, 5.74) is 0. The Morgan fingerprint density at radius 2 is 2.27 bits per heavy atom. The maximum atomic E-state index is 11.0. The number of cyclic esters (lactones) is 1. The van der Waals surface area contributed by atoms with E-state index in [1.54, 1.807) is 4.90 Å². The van der Waals surface area contributed by atoms with E-state index >= 15 is 0 Å². The van der Waals surface area contributed by atoms with Crippen molar-refractivity contribution in [2.24, 2.45) is 0 Å². The van der Waals surface area contributed by atoms with Gasteiger partial charge in [0.1, 0.15) is 5.76 Å². The van der Waals surface area contributed by atoms with Crippen LogP contribution in [-0.4, -0.2) is 23.6 Å². The van der Waals surface area contributed by atoms with Crippen molar-refractivity contribution in [2.75, 3.05) is 6.54 Å². The van der Waals surface area contributed by atoms with Crippen LogP contribution in [0, 0.1) is 0 Å². The highest BCUT2D eigenvalue weighted by Crippen LogP contribution is 2.16. The first kappa shape index (κ1) is 8.11. The van der Waals surface area contributed by atoms with E-state index in [9.17, 15) is 4.79 Å². The van der Waals surface area contributed by atoms with Gasteiger partial charge < -0.3 is 4.74 Å². The zero-order valence-corrected chi connectivity index (χ0v) is 7.13. The molecular weight excluding hydrogens is 142 g/mol. The fourth-order valence-corrected chi connectivity index (χ4v) is 0.979. The minimum absolute atomic E-state index is 0.222. The average Bonchev–Trinajstić information content (AvgIpc) is 2.30. The Morgan fingerprint density at radius 1 is 1.64 bits per heavy atom.